The molecule has 0 radical (unpaired) electrons. The normalized spacial score (nSPS) is 10.4. The lowest BCUT2D eigenvalue weighted by molar-refractivity contribution is -0.116. The number of carbonyl (C=O) groups excluding carboxylic acids is 1. The number of benzene rings is 1. The number of aromatic nitrogens is 2. The van der Waals surface area contributed by atoms with Crippen LogP contribution in [0.3, 0.4) is 0 Å². The van der Waals surface area contributed by atoms with Crippen molar-refractivity contribution in [2.45, 2.75) is 19.8 Å². The van der Waals surface area contributed by atoms with Gasteiger partial charge in [-0.1, -0.05) is 0 Å². The SMILES string of the molecule is COc1ccc(NC(=O)CCc2c(C)[nH]c(=O)n(C)c2=O)cc1OC. The highest BCUT2D eigenvalue weighted by molar-refractivity contribution is 5.91. The van der Waals surface area contributed by atoms with Crippen molar-refractivity contribution in [3.63, 3.8) is 0 Å². The molecule has 1 aromatic carbocycles. The van der Waals surface area contributed by atoms with E-state index in [0.29, 0.717) is 28.4 Å². The number of carbonyl (C=O) groups is 1. The van der Waals surface area contributed by atoms with Crippen molar-refractivity contribution >= 4 is 11.6 Å². The summed E-state index contributed by atoms with van der Waals surface area (Å²) >= 11 is 0. The number of anilines is 1. The summed E-state index contributed by atoms with van der Waals surface area (Å²) in [6.45, 7) is 1.64. The van der Waals surface area contributed by atoms with Crippen LogP contribution in [0.1, 0.15) is 17.7 Å². The minimum Gasteiger partial charge on any atom is -0.493 e. The highest BCUT2D eigenvalue weighted by atomic mass is 16.5. The summed E-state index contributed by atoms with van der Waals surface area (Å²) in [5.41, 5.74) is 0.603. The van der Waals surface area contributed by atoms with Gasteiger partial charge in [0, 0.05) is 36.5 Å². The van der Waals surface area contributed by atoms with E-state index in [1.165, 1.54) is 21.3 Å². The van der Waals surface area contributed by atoms with Gasteiger partial charge in [0.15, 0.2) is 11.5 Å². The van der Waals surface area contributed by atoms with Crippen molar-refractivity contribution in [3.8, 4) is 11.5 Å². The number of H-pyrrole nitrogens is 1. The molecule has 0 aliphatic carbocycles. The van der Waals surface area contributed by atoms with E-state index in [1.54, 1.807) is 25.1 Å². The lowest BCUT2D eigenvalue weighted by Crippen LogP contribution is -2.36. The molecule has 2 N–H and O–H groups in total. The van der Waals surface area contributed by atoms with Gasteiger partial charge in [-0.3, -0.25) is 14.2 Å². The van der Waals surface area contributed by atoms with Gasteiger partial charge < -0.3 is 19.8 Å². The number of aromatic amines is 1. The van der Waals surface area contributed by atoms with Crippen LogP contribution in [-0.4, -0.2) is 29.7 Å². The molecule has 0 aliphatic rings. The summed E-state index contributed by atoms with van der Waals surface area (Å²) in [7, 11) is 4.44. The molecule has 0 fully saturated rings. The summed E-state index contributed by atoms with van der Waals surface area (Å²) in [6.07, 6.45) is 0.338. The Morgan fingerprint density at radius 1 is 1.20 bits per heavy atom. The number of methoxy groups -OCH3 is 2. The van der Waals surface area contributed by atoms with Crippen molar-refractivity contribution in [1.29, 1.82) is 0 Å². The second-order valence-electron chi connectivity index (χ2n) is 5.52. The first-order valence-corrected chi connectivity index (χ1v) is 7.68. The van der Waals surface area contributed by atoms with E-state index < -0.39 is 5.69 Å². The van der Waals surface area contributed by atoms with E-state index in [1.807, 2.05) is 0 Å². The van der Waals surface area contributed by atoms with Crippen LogP contribution >= 0.6 is 0 Å². The van der Waals surface area contributed by atoms with Gasteiger partial charge >= 0.3 is 5.69 Å². The van der Waals surface area contributed by atoms with E-state index in [4.69, 9.17) is 9.47 Å². The second kappa shape index (κ2) is 7.69. The quantitative estimate of drug-likeness (QED) is 0.811. The third kappa shape index (κ3) is 4.09. The van der Waals surface area contributed by atoms with Crippen LogP contribution in [0.25, 0.3) is 0 Å². The average molecular weight is 347 g/mol. The third-order valence-corrected chi connectivity index (χ3v) is 3.88. The lowest BCUT2D eigenvalue weighted by atomic mass is 10.1. The molecule has 0 spiro atoms. The highest BCUT2D eigenvalue weighted by Crippen LogP contribution is 2.29. The second-order valence-corrected chi connectivity index (χ2v) is 5.52. The zero-order valence-corrected chi connectivity index (χ0v) is 14.6. The largest absolute Gasteiger partial charge is 0.493 e. The van der Waals surface area contributed by atoms with Gasteiger partial charge in [-0.05, 0) is 25.5 Å². The first-order valence-electron chi connectivity index (χ1n) is 7.68. The topological polar surface area (TPSA) is 102 Å². The molecule has 8 nitrogen and oxygen atoms in total. The number of nitrogens with zero attached hydrogens (tertiary/aromatic N) is 1. The number of hydrogen-bond acceptors (Lipinski definition) is 5. The van der Waals surface area contributed by atoms with E-state index in [-0.39, 0.29) is 24.3 Å². The average Bonchev–Trinajstić information content (AvgIpc) is 2.59. The van der Waals surface area contributed by atoms with Crippen LogP contribution < -0.4 is 26.0 Å². The van der Waals surface area contributed by atoms with E-state index in [0.717, 1.165) is 4.57 Å². The van der Waals surface area contributed by atoms with Gasteiger partial charge in [0.05, 0.1) is 14.2 Å². The molecule has 1 heterocycles. The summed E-state index contributed by atoms with van der Waals surface area (Å²) < 4.78 is 11.3. The standard InChI is InChI=1S/C17H21N3O5/c1-10-12(16(22)20(2)17(23)18-10)6-8-15(21)19-11-5-7-13(24-3)14(9-11)25-4/h5,7,9H,6,8H2,1-4H3,(H,18,23)(H,19,21). The Kier molecular flexibility index (Phi) is 5.63. The number of amides is 1. The zero-order chi connectivity index (χ0) is 18.6. The Hall–Kier alpha value is -3.03. The van der Waals surface area contributed by atoms with E-state index >= 15 is 0 Å². The Labute approximate surface area is 144 Å². The number of hydrogen-bond donors (Lipinski definition) is 2. The number of rotatable bonds is 6. The highest BCUT2D eigenvalue weighted by Gasteiger charge is 2.12. The van der Waals surface area contributed by atoms with Gasteiger partial charge in [0.2, 0.25) is 5.91 Å². The number of nitrogens with one attached hydrogen (secondary N) is 2. The van der Waals surface area contributed by atoms with Crippen molar-refractivity contribution in [1.82, 2.24) is 9.55 Å². The molecule has 2 rings (SSSR count). The maximum Gasteiger partial charge on any atom is 0.328 e. The maximum atomic E-state index is 12.2. The molecule has 8 heteroatoms. The third-order valence-electron chi connectivity index (χ3n) is 3.88. The molecule has 1 aromatic heterocycles. The van der Waals surface area contributed by atoms with Gasteiger partial charge in [0.25, 0.3) is 5.56 Å². The van der Waals surface area contributed by atoms with Crippen LogP contribution in [0.2, 0.25) is 0 Å². The van der Waals surface area contributed by atoms with Crippen LogP contribution in [0.5, 0.6) is 11.5 Å². The summed E-state index contributed by atoms with van der Waals surface area (Å²) in [5, 5.41) is 2.75. The Morgan fingerprint density at radius 2 is 1.88 bits per heavy atom. The van der Waals surface area contributed by atoms with Crippen molar-refractivity contribution in [2.24, 2.45) is 7.05 Å². The molecule has 25 heavy (non-hydrogen) atoms. The number of aryl methyl sites for hydroxylation is 1. The Balaban J connectivity index is 2.08. The molecule has 0 atom stereocenters. The molecule has 2 aromatic rings. The van der Waals surface area contributed by atoms with Crippen molar-refractivity contribution < 1.29 is 14.3 Å². The number of ether oxygens (including phenoxy) is 2. The molecular formula is C17H21N3O5. The van der Waals surface area contributed by atoms with Gasteiger partial charge in [-0.15, -0.1) is 0 Å². The van der Waals surface area contributed by atoms with Gasteiger partial charge in [-0.25, -0.2) is 4.79 Å². The molecule has 1 amide bonds. The van der Waals surface area contributed by atoms with Crippen LogP contribution in [0.15, 0.2) is 27.8 Å². The minimum atomic E-state index is -0.471. The fourth-order valence-electron chi connectivity index (χ4n) is 2.45. The van der Waals surface area contributed by atoms with Crippen molar-refractivity contribution in [2.75, 3.05) is 19.5 Å². The first kappa shape index (κ1) is 18.3. The molecule has 0 aliphatic heterocycles. The monoisotopic (exact) mass is 347 g/mol. The van der Waals surface area contributed by atoms with Crippen LogP contribution in [0.4, 0.5) is 5.69 Å². The van der Waals surface area contributed by atoms with E-state index in [2.05, 4.69) is 10.3 Å². The van der Waals surface area contributed by atoms with Crippen LogP contribution in [-0.2, 0) is 18.3 Å². The molecule has 0 bridgehead atoms. The van der Waals surface area contributed by atoms with Gasteiger partial charge in [0.1, 0.15) is 0 Å². The van der Waals surface area contributed by atoms with E-state index in [9.17, 15) is 14.4 Å². The fourth-order valence-corrected chi connectivity index (χ4v) is 2.45. The molecule has 0 saturated heterocycles. The lowest BCUT2D eigenvalue weighted by Gasteiger charge is -2.11. The molecule has 0 saturated carbocycles. The predicted molar refractivity (Wildman–Crippen MR) is 93.5 cm³/mol. The predicted octanol–water partition coefficient (Wildman–Crippen LogP) is 0.971. The summed E-state index contributed by atoms with van der Waals surface area (Å²) in [5.74, 6) is 0.818. The van der Waals surface area contributed by atoms with Crippen LogP contribution in [0, 0.1) is 6.92 Å². The molecule has 0 unspecified atom stereocenters. The Morgan fingerprint density at radius 3 is 2.52 bits per heavy atom. The van der Waals surface area contributed by atoms with Gasteiger partial charge in [-0.2, -0.15) is 0 Å². The Bertz CT molecular complexity index is 898. The fraction of sp³-hybridized carbons (Fsp3) is 0.353. The first-order chi connectivity index (χ1) is 11.9. The smallest absolute Gasteiger partial charge is 0.328 e. The minimum absolute atomic E-state index is 0.108. The molecular weight excluding hydrogens is 326 g/mol. The zero-order valence-electron chi connectivity index (χ0n) is 14.6. The molecule has 134 valence electrons. The van der Waals surface area contributed by atoms with Crippen molar-refractivity contribution in [3.05, 3.63) is 50.3 Å². The summed E-state index contributed by atoms with van der Waals surface area (Å²) in [6, 6.07) is 5.04. The summed E-state index contributed by atoms with van der Waals surface area (Å²) in [4.78, 5) is 38.4. The maximum absolute atomic E-state index is 12.2.